The average molecular weight is 295 g/mol. The maximum absolute atomic E-state index is 13.6. The molecule has 0 fully saturated rings. The van der Waals surface area contributed by atoms with E-state index in [4.69, 9.17) is 19.9 Å². The summed E-state index contributed by atoms with van der Waals surface area (Å²) in [4.78, 5) is 0. The van der Waals surface area contributed by atoms with Crippen LogP contribution in [0.1, 0.15) is 5.56 Å². The Morgan fingerprint density at radius 3 is 2.38 bits per heavy atom. The van der Waals surface area contributed by atoms with Gasteiger partial charge in [0.15, 0.2) is 23.1 Å². The number of halogens is 2. The molecule has 0 saturated carbocycles. The Morgan fingerprint density at radius 1 is 1.00 bits per heavy atom. The Morgan fingerprint density at radius 2 is 1.71 bits per heavy atom. The van der Waals surface area contributed by atoms with Crippen molar-refractivity contribution in [3.63, 3.8) is 0 Å². The van der Waals surface area contributed by atoms with Gasteiger partial charge >= 0.3 is 0 Å². The molecule has 6 heteroatoms. The third kappa shape index (κ3) is 3.16. The summed E-state index contributed by atoms with van der Waals surface area (Å²) < 4.78 is 42.3. The molecular formula is C15H15F2NO3. The number of hydrogen-bond acceptors (Lipinski definition) is 4. The topological polar surface area (TPSA) is 53.7 Å². The Labute approximate surface area is 121 Å². The summed E-state index contributed by atoms with van der Waals surface area (Å²) >= 11 is 0. The number of ether oxygens (including phenoxy) is 3. The molecule has 0 spiro atoms. The molecule has 2 aromatic rings. The second-order valence-corrected chi connectivity index (χ2v) is 4.26. The Bertz CT molecular complexity index is 647. The summed E-state index contributed by atoms with van der Waals surface area (Å²) in [5.41, 5.74) is 6.32. The van der Waals surface area contributed by atoms with Crippen molar-refractivity contribution < 1.29 is 23.0 Å². The number of anilines is 1. The molecule has 0 amide bonds. The number of nitrogens with two attached hydrogens (primary N) is 1. The molecule has 2 rings (SSSR count). The Kier molecular flexibility index (Phi) is 4.47. The monoisotopic (exact) mass is 295 g/mol. The number of methoxy groups -OCH3 is 2. The second kappa shape index (κ2) is 6.30. The van der Waals surface area contributed by atoms with Gasteiger partial charge in [-0.3, -0.25) is 0 Å². The van der Waals surface area contributed by atoms with Gasteiger partial charge in [0.25, 0.3) is 0 Å². The summed E-state index contributed by atoms with van der Waals surface area (Å²) in [5.74, 6) is -1.32. The van der Waals surface area contributed by atoms with Crippen LogP contribution >= 0.6 is 0 Å². The van der Waals surface area contributed by atoms with Gasteiger partial charge < -0.3 is 19.9 Å². The Hall–Kier alpha value is -2.50. The molecule has 2 N–H and O–H groups in total. The van der Waals surface area contributed by atoms with Gasteiger partial charge in [-0.05, 0) is 29.8 Å². The molecule has 0 aliphatic rings. The lowest BCUT2D eigenvalue weighted by atomic mass is 10.2. The van der Waals surface area contributed by atoms with Crippen LogP contribution in [0.5, 0.6) is 17.2 Å². The van der Waals surface area contributed by atoms with E-state index < -0.39 is 11.6 Å². The van der Waals surface area contributed by atoms with Crippen LogP contribution in [0.3, 0.4) is 0 Å². The summed E-state index contributed by atoms with van der Waals surface area (Å²) in [6.07, 6.45) is 0. The summed E-state index contributed by atoms with van der Waals surface area (Å²) in [6, 6.07) is 7.32. The first-order valence-electron chi connectivity index (χ1n) is 6.14. The van der Waals surface area contributed by atoms with Crippen molar-refractivity contribution in [1.29, 1.82) is 0 Å². The van der Waals surface area contributed by atoms with Crippen LogP contribution in [-0.4, -0.2) is 14.2 Å². The van der Waals surface area contributed by atoms with Crippen LogP contribution in [-0.2, 0) is 6.61 Å². The summed E-state index contributed by atoms with van der Waals surface area (Å²) in [6.45, 7) is 0.0188. The lowest BCUT2D eigenvalue weighted by Crippen LogP contribution is -2.03. The molecule has 0 radical (unpaired) electrons. The normalized spacial score (nSPS) is 10.3. The average Bonchev–Trinajstić information content (AvgIpc) is 2.50. The number of rotatable bonds is 5. The van der Waals surface area contributed by atoms with Gasteiger partial charge in [0.05, 0.1) is 19.9 Å². The van der Waals surface area contributed by atoms with E-state index in [-0.39, 0.29) is 18.0 Å². The quantitative estimate of drug-likeness (QED) is 0.861. The van der Waals surface area contributed by atoms with Gasteiger partial charge in [-0.1, -0.05) is 6.07 Å². The third-order valence-electron chi connectivity index (χ3n) is 2.91. The zero-order chi connectivity index (χ0) is 15.4. The molecule has 2 aromatic carbocycles. The first kappa shape index (κ1) is 14.9. The maximum Gasteiger partial charge on any atom is 0.202 e. The van der Waals surface area contributed by atoms with Gasteiger partial charge in [-0.25, -0.2) is 4.39 Å². The molecule has 0 heterocycles. The van der Waals surface area contributed by atoms with E-state index in [1.165, 1.54) is 20.3 Å². The van der Waals surface area contributed by atoms with Crippen LogP contribution in [0.15, 0.2) is 30.3 Å². The molecule has 0 aliphatic heterocycles. The van der Waals surface area contributed by atoms with E-state index in [0.717, 1.165) is 6.07 Å². The summed E-state index contributed by atoms with van der Waals surface area (Å²) in [5, 5.41) is 0. The van der Waals surface area contributed by atoms with Gasteiger partial charge in [0, 0.05) is 0 Å². The highest BCUT2D eigenvalue weighted by Crippen LogP contribution is 2.30. The molecule has 4 nitrogen and oxygen atoms in total. The third-order valence-corrected chi connectivity index (χ3v) is 2.91. The SMILES string of the molecule is COc1ccc(COc2c(N)ccc(F)c2F)cc1OC. The van der Waals surface area contributed by atoms with Crippen molar-refractivity contribution in [2.75, 3.05) is 20.0 Å². The first-order valence-corrected chi connectivity index (χ1v) is 6.14. The number of benzene rings is 2. The molecule has 112 valence electrons. The highest BCUT2D eigenvalue weighted by molar-refractivity contribution is 5.53. The largest absolute Gasteiger partial charge is 0.493 e. The second-order valence-electron chi connectivity index (χ2n) is 4.26. The van der Waals surface area contributed by atoms with Crippen LogP contribution in [0, 0.1) is 11.6 Å². The predicted octanol–water partition coefficient (Wildman–Crippen LogP) is 3.14. The fourth-order valence-corrected chi connectivity index (χ4v) is 1.82. The van der Waals surface area contributed by atoms with Gasteiger partial charge in [-0.15, -0.1) is 0 Å². The molecule has 0 saturated heterocycles. The minimum atomic E-state index is -1.10. The molecule has 0 aliphatic carbocycles. The number of nitrogen functional groups attached to an aromatic ring is 1. The van der Waals surface area contributed by atoms with Crippen molar-refractivity contribution in [2.45, 2.75) is 6.61 Å². The van der Waals surface area contributed by atoms with Crippen LogP contribution < -0.4 is 19.9 Å². The minimum Gasteiger partial charge on any atom is -0.493 e. The minimum absolute atomic E-state index is 0.0188. The number of hydrogen-bond donors (Lipinski definition) is 1. The van der Waals surface area contributed by atoms with E-state index in [0.29, 0.717) is 17.1 Å². The highest BCUT2D eigenvalue weighted by atomic mass is 19.2. The molecule has 0 bridgehead atoms. The lowest BCUT2D eigenvalue weighted by Gasteiger charge is -2.12. The fourth-order valence-electron chi connectivity index (χ4n) is 1.82. The Balaban J connectivity index is 2.19. The van der Waals surface area contributed by atoms with Gasteiger partial charge in [0.2, 0.25) is 5.82 Å². The smallest absolute Gasteiger partial charge is 0.202 e. The molecular weight excluding hydrogens is 280 g/mol. The van der Waals surface area contributed by atoms with E-state index in [2.05, 4.69) is 0 Å². The van der Waals surface area contributed by atoms with Crippen molar-refractivity contribution in [1.82, 2.24) is 0 Å². The van der Waals surface area contributed by atoms with E-state index in [1.54, 1.807) is 18.2 Å². The van der Waals surface area contributed by atoms with Crippen molar-refractivity contribution in [3.05, 3.63) is 47.5 Å². The van der Waals surface area contributed by atoms with Crippen molar-refractivity contribution >= 4 is 5.69 Å². The molecule has 21 heavy (non-hydrogen) atoms. The van der Waals surface area contributed by atoms with Crippen LogP contribution in [0.4, 0.5) is 14.5 Å². The fraction of sp³-hybridized carbons (Fsp3) is 0.200. The molecule has 0 atom stereocenters. The maximum atomic E-state index is 13.6. The zero-order valence-corrected chi connectivity index (χ0v) is 11.7. The first-order chi connectivity index (χ1) is 10.1. The zero-order valence-electron chi connectivity index (χ0n) is 11.7. The van der Waals surface area contributed by atoms with Gasteiger partial charge in [-0.2, -0.15) is 4.39 Å². The molecule has 0 unspecified atom stereocenters. The summed E-state index contributed by atoms with van der Waals surface area (Å²) in [7, 11) is 3.03. The molecule has 0 aromatic heterocycles. The van der Waals surface area contributed by atoms with E-state index in [9.17, 15) is 8.78 Å². The van der Waals surface area contributed by atoms with Crippen molar-refractivity contribution in [3.8, 4) is 17.2 Å². The lowest BCUT2D eigenvalue weighted by molar-refractivity contribution is 0.285. The van der Waals surface area contributed by atoms with E-state index >= 15 is 0 Å². The van der Waals surface area contributed by atoms with Crippen LogP contribution in [0.25, 0.3) is 0 Å². The van der Waals surface area contributed by atoms with Crippen molar-refractivity contribution in [2.24, 2.45) is 0 Å². The van der Waals surface area contributed by atoms with Crippen LogP contribution in [0.2, 0.25) is 0 Å². The standard InChI is InChI=1S/C15H15F2NO3/c1-19-12-6-3-9(7-13(12)20-2)8-21-15-11(18)5-4-10(16)14(15)17/h3-7H,8,18H2,1-2H3. The van der Waals surface area contributed by atoms with Gasteiger partial charge in [0.1, 0.15) is 6.61 Å². The predicted molar refractivity (Wildman–Crippen MR) is 74.6 cm³/mol. The highest BCUT2D eigenvalue weighted by Gasteiger charge is 2.14. The van der Waals surface area contributed by atoms with E-state index in [1.807, 2.05) is 0 Å².